The van der Waals surface area contributed by atoms with Gasteiger partial charge >= 0.3 is 0 Å². The second-order valence-corrected chi connectivity index (χ2v) is 6.11. The van der Waals surface area contributed by atoms with Crippen LogP contribution in [0.2, 0.25) is 0 Å². The number of carbonyl (C=O) groups excluding carboxylic acids is 1. The van der Waals surface area contributed by atoms with E-state index in [-0.39, 0.29) is 25.6 Å². The lowest BCUT2D eigenvalue weighted by atomic mass is 9.79. The van der Waals surface area contributed by atoms with Gasteiger partial charge in [-0.3, -0.25) is 9.48 Å². The molecule has 0 aliphatic heterocycles. The normalized spacial score (nSPS) is 25.6. The van der Waals surface area contributed by atoms with E-state index in [1.807, 2.05) is 6.20 Å². The molecule has 1 aromatic heterocycles. The molecule has 1 aliphatic carbocycles. The van der Waals surface area contributed by atoms with Crippen LogP contribution in [-0.2, 0) is 11.3 Å². The van der Waals surface area contributed by atoms with Gasteiger partial charge in [-0.15, -0.1) is 0 Å². The maximum Gasteiger partial charge on any atom is 0.241 e. The summed E-state index contributed by atoms with van der Waals surface area (Å²) in [5, 5.41) is 19.0. The van der Waals surface area contributed by atoms with Crippen LogP contribution in [0, 0.1) is 11.8 Å². The SMILES string of the molecule is CC1CCC(Nc2cnn(CC(=O)NCCO)c2)CC1C. The third-order valence-corrected chi connectivity index (χ3v) is 4.34. The molecule has 21 heavy (non-hydrogen) atoms. The summed E-state index contributed by atoms with van der Waals surface area (Å²) in [5.41, 5.74) is 0.969. The van der Waals surface area contributed by atoms with Gasteiger partial charge in [-0.2, -0.15) is 5.10 Å². The van der Waals surface area contributed by atoms with E-state index in [4.69, 9.17) is 5.11 Å². The lowest BCUT2D eigenvalue weighted by molar-refractivity contribution is -0.122. The van der Waals surface area contributed by atoms with Crippen LogP contribution in [0.5, 0.6) is 0 Å². The van der Waals surface area contributed by atoms with Gasteiger partial charge in [0.2, 0.25) is 5.91 Å². The summed E-state index contributed by atoms with van der Waals surface area (Å²) in [7, 11) is 0. The lowest BCUT2D eigenvalue weighted by Crippen LogP contribution is -2.30. The van der Waals surface area contributed by atoms with Gasteiger partial charge in [0.15, 0.2) is 0 Å². The van der Waals surface area contributed by atoms with E-state index in [2.05, 4.69) is 29.6 Å². The monoisotopic (exact) mass is 294 g/mol. The molecular formula is C15H26N4O2. The fourth-order valence-corrected chi connectivity index (χ4v) is 2.84. The van der Waals surface area contributed by atoms with E-state index in [0.29, 0.717) is 6.04 Å². The molecule has 1 fully saturated rings. The zero-order valence-electron chi connectivity index (χ0n) is 12.9. The van der Waals surface area contributed by atoms with Crippen molar-refractivity contribution >= 4 is 11.6 Å². The van der Waals surface area contributed by atoms with Crippen LogP contribution in [0.3, 0.4) is 0 Å². The molecule has 0 spiro atoms. The van der Waals surface area contributed by atoms with Gasteiger partial charge < -0.3 is 15.7 Å². The molecule has 1 saturated carbocycles. The number of hydrogen-bond acceptors (Lipinski definition) is 4. The number of aromatic nitrogens is 2. The van der Waals surface area contributed by atoms with Crippen LogP contribution >= 0.6 is 0 Å². The minimum absolute atomic E-state index is 0.0457. The number of aliphatic hydroxyl groups excluding tert-OH is 1. The number of nitrogens with one attached hydrogen (secondary N) is 2. The van der Waals surface area contributed by atoms with E-state index in [9.17, 15) is 4.79 Å². The molecule has 3 unspecified atom stereocenters. The zero-order chi connectivity index (χ0) is 15.2. The van der Waals surface area contributed by atoms with Gasteiger partial charge in [0.25, 0.3) is 0 Å². The number of anilines is 1. The predicted molar refractivity (Wildman–Crippen MR) is 81.9 cm³/mol. The molecule has 6 heteroatoms. The molecule has 1 aliphatic rings. The van der Waals surface area contributed by atoms with Gasteiger partial charge in [-0.05, 0) is 31.1 Å². The second-order valence-electron chi connectivity index (χ2n) is 6.11. The average Bonchev–Trinajstić information content (AvgIpc) is 2.88. The molecule has 0 radical (unpaired) electrons. The van der Waals surface area contributed by atoms with Crippen molar-refractivity contribution in [2.24, 2.45) is 11.8 Å². The molecule has 0 aromatic carbocycles. The quantitative estimate of drug-likeness (QED) is 0.737. The van der Waals surface area contributed by atoms with Crippen LogP contribution in [0.25, 0.3) is 0 Å². The third kappa shape index (κ3) is 4.74. The fraction of sp³-hybridized carbons (Fsp3) is 0.733. The minimum atomic E-state index is -0.140. The third-order valence-electron chi connectivity index (χ3n) is 4.34. The number of carbonyl (C=O) groups is 1. The Hall–Kier alpha value is -1.56. The van der Waals surface area contributed by atoms with Gasteiger partial charge in [0, 0.05) is 18.8 Å². The molecule has 2 rings (SSSR count). The largest absolute Gasteiger partial charge is 0.395 e. The summed E-state index contributed by atoms with van der Waals surface area (Å²) in [6, 6.07) is 0.497. The summed E-state index contributed by atoms with van der Waals surface area (Å²) in [5.74, 6) is 1.41. The topological polar surface area (TPSA) is 79.2 Å². The maximum absolute atomic E-state index is 11.5. The standard InChI is InChI=1S/C15H26N4O2/c1-11-3-4-13(7-12(11)2)18-14-8-17-19(9-14)10-15(21)16-5-6-20/h8-9,11-13,18,20H,3-7,10H2,1-2H3,(H,16,21). The number of rotatable bonds is 6. The summed E-state index contributed by atoms with van der Waals surface area (Å²) < 4.78 is 1.62. The van der Waals surface area contributed by atoms with Crippen molar-refractivity contribution in [3.63, 3.8) is 0 Å². The molecule has 1 heterocycles. The second kappa shape index (κ2) is 7.45. The van der Waals surface area contributed by atoms with Crippen molar-refractivity contribution in [3.05, 3.63) is 12.4 Å². The van der Waals surface area contributed by atoms with Crippen molar-refractivity contribution in [1.29, 1.82) is 0 Å². The van der Waals surface area contributed by atoms with Crippen LogP contribution in [-0.4, -0.2) is 40.0 Å². The number of amides is 1. The van der Waals surface area contributed by atoms with Crippen LogP contribution < -0.4 is 10.6 Å². The van der Waals surface area contributed by atoms with Crippen molar-refractivity contribution in [1.82, 2.24) is 15.1 Å². The van der Waals surface area contributed by atoms with Crippen molar-refractivity contribution in [2.75, 3.05) is 18.5 Å². The smallest absolute Gasteiger partial charge is 0.241 e. The highest BCUT2D eigenvalue weighted by atomic mass is 16.3. The van der Waals surface area contributed by atoms with Gasteiger partial charge in [-0.1, -0.05) is 13.8 Å². The summed E-state index contributed by atoms with van der Waals surface area (Å²) in [6.45, 7) is 5.05. The Bertz CT molecular complexity index is 460. The lowest BCUT2D eigenvalue weighted by Gasteiger charge is -2.32. The Balaban J connectivity index is 1.81. The highest BCUT2D eigenvalue weighted by molar-refractivity contribution is 5.75. The Morgan fingerprint density at radius 3 is 2.95 bits per heavy atom. The maximum atomic E-state index is 11.5. The molecule has 0 bridgehead atoms. The Morgan fingerprint density at radius 2 is 2.24 bits per heavy atom. The summed E-state index contributed by atoms with van der Waals surface area (Å²) >= 11 is 0. The Morgan fingerprint density at radius 1 is 1.43 bits per heavy atom. The molecule has 6 nitrogen and oxygen atoms in total. The first kappa shape index (κ1) is 15.8. The highest BCUT2D eigenvalue weighted by Gasteiger charge is 2.24. The molecule has 0 saturated heterocycles. The number of aliphatic hydroxyl groups is 1. The highest BCUT2D eigenvalue weighted by Crippen LogP contribution is 2.30. The van der Waals surface area contributed by atoms with E-state index in [1.54, 1.807) is 10.9 Å². The predicted octanol–water partition coefficient (Wildman–Crippen LogP) is 1.23. The molecule has 3 N–H and O–H groups in total. The molecule has 118 valence electrons. The molecule has 3 atom stereocenters. The van der Waals surface area contributed by atoms with E-state index >= 15 is 0 Å². The van der Waals surface area contributed by atoms with Crippen molar-refractivity contribution in [3.8, 4) is 0 Å². The molecular weight excluding hydrogens is 268 g/mol. The number of nitrogens with zero attached hydrogens (tertiary/aromatic N) is 2. The van der Waals surface area contributed by atoms with E-state index < -0.39 is 0 Å². The van der Waals surface area contributed by atoms with Crippen LogP contribution in [0.15, 0.2) is 12.4 Å². The minimum Gasteiger partial charge on any atom is -0.395 e. The van der Waals surface area contributed by atoms with Gasteiger partial charge in [0.1, 0.15) is 6.54 Å². The van der Waals surface area contributed by atoms with Gasteiger partial charge in [-0.25, -0.2) is 0 Å². The zero-order valence-corrected chi connectivity index (χ0v) is 12.9. The average molecular weight is 294 g/mol. The Labute approximate surface area is 125 Å². The van der Waals surface area contributed by atoms with E-state index in [1.165, 1.54) is 19.3 Å². The first-order chi connectivity index (χ1) is 10.1. The summed E-state index contributed by atoms with van der Waals surface area (Å²) in [4.78, 5) is 11.5. The molecule has 1 aromatic rings. The van der Waals surface area contributed by atoms with E-state index in [0.717, 1.165) is 17.5 Å². The van der Waals surface area contributed by atoms with Crippen LogP contribution in [0.4, 0.5) is 5.69 Å². The van der Waals surface area contributed by atoms with Crippen molar-refractivity contribution in [2.45, 2.75) is 45.7 Å². The molecule has 1 amide bonds. The summed E-state index contributed by atoms with van der Waals surface area (Å²) in [6.07, 6.45) is 7.26. The first-order valence-corrected chi connectivity index (χ1v) is 7.75. The number of hydrogen-bond donors (Lipinski definition) is 3. The van der Waals surface area contributed by atoms with Gasteiger partial charge in [0.05, 0.1) is 18.5 Å². The van der Waals surface area contributed by atoms with Crippen molar-refractivity contribution < 1.29 is 9.90 Å². The van der Waals surface area contributed by atoms with Crippen LogP contribution in [0.1, 0.15) is 33.1 Å². The first-order valence-electron chi connectivity index (χ1n) is 7.75. The Kier molecular flexibility index (Phi) is 5.61. The fourth-order valence-electron chi connectivity index (χ4n) is 2.84.